The van der Waals surface area contributed by atoms with Crippen molar-refractivity contribution in [2.75, 3.05) is 0 Å². The summed E-state index contributed by atoms with van der Waals surface area (Å²) in [6.07, 6.45) is 0. The molecular weight excluding hydrogens is 358 g/mol. The SMILES string of the molecule is NC(=O)c1cccc2c1c1ccc(Cl)cc1n2Cc1cc(F)ccc1F. The molecule has 1 aromatic heterocycles. The van der Waals surface area contributed by atoms with E-state index in [2.05, 4.69) is 0 Å². The number of halogens is 3. The highest BCUT2D eigenvalue weighted by Crippen LogP contribution is 2.34. The molecule has 0 radical (unpaired) electrons. The van der Waals surface area contributed by atoms with Crippen LogP contribution in [0.1, 0.15) is 15.9 Å². The average Bonchev–Trinajstić information content (AvgIpc) is 2.91. The molecule has 0 fully saturated rings. The maximum Gasteiger partial charge on any atom is 0.249 e. The number of rotatable bonds is 3. The molecule has 2 N–H and O–H groups in total. The summed E-state index contributed by atoms with van der Waals surface area (Å²) in [6, 6.07) is 13.8. The van der Waals surface area contributed by atoms with Gasteiger partial charge < -0.3 is 10.3 Å². The zero-order valence-electron chi connectivity index (χ0n) is 13.5. The van der Waals surface area contributed by atoms with Crippen LogP contribution < -0.4 is 5.73 Å². The second-order valence-electron chi connectivity index (χ2n) is 6.05. The lowest BCUT2D eigenvalue weighted by atomic mass is 10.1. The van der Waals surface area contributed by atoms with E-state index in [1.54, 1.807) is 34.9 Å². The lowest BCUT2D eigenvalue weighted by Crippen LogP contribution is -2.11. The Labute approximate surface area is 152 Å². The standard InChI is InChI=1S/C20H13ClF2N2O/c21-12-4-6-14-18(9-12)25(10-11-8-13(22)5-7-16(11)23)17-3-1-2-15(19(14)17)20(24)26/h1-9H,10H2,(H2,24,26). The Morgan fingerprint density at radius 2 is 1.85 bits per heavy atom. The fraction of sp³-hybridized carbons (Fsp3) is 0.0500. The molecule has 3 aromatic carbocycles. The molecule has 0 bridgehead atoms. The van der Waals surface area contributed by atoms with Gasteiger partial charge in [0, 0.05) is 26.9 Å². The molecule has 26 heavy (non-hydrogen) atoms. The molecule has 4 rings (SSSR count). The second kappa shape index (κ2) is 6.11. The molecule has 0 spiro atoms. The van der Waals surface area contributed by atoms with Gasteiger partial charge in [-0.25, -0.2) is 8.78 Å². The molecular formula is C20H13ClF2N2O. The predicted octanol–water partition coefficient (Wildman–Crippen LogP) is 4.87. The van der Waals surface area contributed by atoms with Crippen LogP contribution in [0.25, 0.3) is 21.8 Å². The summed E-state index contributed by atoms with van der Waals surface area (Å²) in [7, 11) is 0. The van der Waals surface area contributed by atoms with Gasteiger partial charge in [-0.2, -0.15) is 0 Å². The first-order chi connectivity index (χ1) is 12.5. The van der Waals surface area contributed by atoms with Gasteiger partial charge in [-0.3, -0.25) is 4.79 Å². The fourth-order valence-corrected chi connectivity index (χ4v) is 3.49. The number of nitrogens with zero attached hydrogens (tertiary/aromatic N) is 1. The minimum absolute atomic E-state index is 0.0894. The number of carbonyl (C=O) groups excluding carboxylic acids is 1. The van der Waals surface area contributed by atoms with Gasteiger partial charge in [-0.1, -0.05) is 23.7 Å². The van der Waals surface area contributed by atoms with Crippen LogP contribution in [0.15, 0.2) is 54.6 Å². The minimum Gasteiger partial charge on any atom is -0.366 e. The van der Waals surface area contributed by atoms with Gasteiger partial charge in [0.05, 0.1) is 17.6 Å². The third-order valence-corrected chi connectivity index (χ3v) is 4.69. The van der Waals surface area contributed by atoms with Crippen LogP contribution in [0, 0.1) is 11.6 Å². The number of fused-ring (bicyclic) bond motifs is 3. The van der Waals surface area contributed by atoms with Crippen molar-refractivity contribution in [3.05, 3.63) is 82.4 Å². The smallest absolute Gasteiger partial charge is 0.249 e. The molecule has 1 amide bonds. The Morgan fingerprint density at radius 3 is 2.62 bits per heavy atom. The molecule has 0 saturated carbocycles. The Morgan fingerprint density at radius 1 is 1.04 bits per heavy atom. The molecule has 6 heteroatoms. The first kappa shape index (κ1) is 16.5. The summed E-state index contributed by atoms with van der Waals surface area (Å²) in [5.41, 5.74) is 7.50. The highest BCUT2D eigenvalue weighted by Gasteiger charge is 2.17. The summed E-state index contributed by atoms with van der Waals surface area (Å²) in [5, 5.41) is 1.95. The maximum atomic E-state index is 14.2. The Bertz CT molecular complexity index is 1180. The highest BCUT2D eigenvalue weighted by molar-refractivity contribution is 6.32. The van der Waals surface area contributed by atoms with Crippen molar-refractivity contribution in [3.8, 4) is 0 Å². The molecule has 0 aliphatic rings. The number of hydrogen-bond donors (Lipinski definition) is 1. The normalized spacial score (nSPS) is 11.3. The highest BCUT2D eigenvalue weighted by atomic mass is 35.5. The number of benzene rings is 3. The monoisotopic (exact) mass is 370 g/mol. The van der Waals surface area contributed by atoms with E-state index in [4.69, 9.17) is 17.3 Å². The van der Waals surface area contributed by atoms with E-state index in [-0.39, 0.29) is 12.1 Å². The molecule has 4 aromatic rings. The van der Waals surface area contributed by atoms with E-state index >= 15 is 0 Å². The van der Waals surface area contributed by atoms with Crippen LogP contribution in [0.5, 0.6) is 0 Å². The lowest BCUT2D eigenvalue weighted by Gasteiger charge is -2.09. The van der Waals surface area contributed by atoms with Crippen molar-refractivity contribution in [2.24, 2.45) is 5.73 Å². The zero-order chi connectivity index (χ0) is 18.4. The maximum absolute atomic E-state index is 14.2. The van der Waals surface area contributed by atoms with Crippen LogP contribution in [0.4, 0.5) is 8.78 Å². The van der Waals surface area contributed by atoms with E-state index in [0.717, 1.165) is 23.6 Å². The van der Waals surface area contributed by atoms with Gasteiger partial charge >= 0.3 is 0 Å². The lowest BCUT2D eigenvalue weighted by molar-refractivity contribution is 0.100. The number of amides is 1. The minimum atomic E-state index is -0.554. The van der Waals surface area contributed by atoms with Crippen molar-refractivity contribution < 1.29 is 13.6 Å². The van der Waals surface area contributed by atoms with E-state index in [1.165, 1.54) is 0 Å². The molecule has 0 atom stereocenters. The Kier molecular flexibility index (Phi) is 3.89. The molecule has 0 aliphatic heterocycles. The third-order valence-electron chi connectivity index (χ3n) is 4.45. The third kappa shape index (κ3) is 2.61. The fourth-order valence-electron chi connectivity index (χ4n) is 3.33. The second-order valence-corrected chi connectivity index (χ2v) is 6.48. The number of nitrogens with two attached hydrogens (primary N) is 1. The van der Waals surface area contributed by atoms with E-state index in [0.29, 0.717) is 27.0 Å². The van der Waals surface area contributed by atoms with Gasteiger partial charge in [-0.15, -0.1) is 0 Å². The number of primary amides is 1. The molecule has 0 unspecified atom stereocenters. The average molecular weight is 371 g/mol. The topological polar surface area (TPSA) is 48.0 Å². The Balaban J connectivity index is 2.06. The van der Waals surface area contributed by atoms with Crippen molar-refractivity contribution in [2.45, 2.75) is 6.54 Å². The summed E-state index contributed by atoms with van der Waals surface area (Å²) < 4.78 is 29.6. The van der Waals surface area contributed by atoms with Gasteiger partial charge in [0.15, 0.2) is 0 Å². The van der Waals surface area contributed by atoms with Crippen molar-refractivity contribution in [1.82, 2.24) is 4.57 Å². The van der Waals surface area contributed by atoms with E-state index in [1.807, 2.05) is 6.07 Å². The quantitative estimate of drug-likeness (QED) is 0.549. The van der Waals surface area contributed by atoms with E-state index in [9.17, 15) is 13.6 Å². The van der Waals surface area contributed by atoms with Gasteiger partial charge in [0.2, 0.25) is 5.91 Å². The molecule has 130 valence electrons. The van der Waals surface area contributed by atoms with Gasteiger partial charge in [0.25, 0.3) is 0 Å². The zero-order valence-corrected chi connectivity index (χ0v) is 14.2. The van der Waals surface area contributed by atoms with Crippen molar-refractivity contribution >= 4 is 39.3 Å². The van der Waals surface area contributed by atoms with Crippen LogP contribution >= 0.6 is 11.6 Å². The first-order valence-electron chi connectivity index (χ1n) is 7.90. The summed E-state index contributed by atoms with van der Waals surface area (Å²) in [4.78, 5) is 11.9. The number of hydrogen-bond acceptors (Lipinski definition) is 1. The number of aromatic nitrogens is 1. The van der Waals surface area contributed by atoms with Crippen LogP contribution in [0.2, 0.25) is 5.02 Å². The van der Waals surface area contributed by atoms with Gasteiger partial charge in [-0.05, 0) is 42.5 Å². The largest absolute Gasteiger partial charge is 0.366 e. The van der Waals surface area contributed by atoms with Crippen LogP contribution in [-0.2, 0) is 6.54 Å². The Hall–Kier alpha value is -2.92. The number of carbonyl (C=O) groups is 1. The molecule has 0 saturated heterocycles. The first-order valence-corrected chi connectivity index (χ1v) is 8.27. The van der Waals surface area contributed by atoms with Crippen LogP contribution in [-0.4, -0.2) is 10.5 Å². The van der Waals surface area contributed by atoms with E-state index < -0.39 is 17.5 Å². The predicted molar refractivity (Wildman–Crippen MR) is 98.4 cm³/mol. The molecule has 3 nitrogen and oxygen atoms in total. The van der Waals surface area contributed by atoms with Crippen LogP contribution in [0.3, 0.4) is 0 Å². The summed E-state index contributed by atoms with van der Waals surface area (Å²) in [6.45, 7) is 0.0894. The summed E-state index contributed by atoms with van der Waals surface area (Å²) >= 11 is 6.14. The molecule has 1 heterocycles. The van der Waals surface area contributed by atoms with Gasteiger partial charge in [0.1, 0.15) is 11.6 Å². The summed E-state index contributed by atoms with van der Waals surface area (Å²) in [5.74, 6) is -1.57. The molecule has 0 aliphatic carbocycles. The van der Waals surface area contributed by atoms with Crippen molar-refractivity contribution in [3.63, 3.8) is 0 Å². The van der Waals surface area contributed by atoms with Crippen molar-refractivity contribution in [1.29, 1.82) is 0 Å².